The van der Waals surface area contributed by atoms with Crippen LogP contribution in [0.1, 0.15) is 17.3 Å². The van der Waals surface area contributed by atoms with E-state index in [-0.39, 0.29) is 23.8 Å². The van der Waals surface area contributed by atoms with Crippen LogP contribution in [-0.4, -0.2) is 21.5 Å². The van der Waals surface area contributed by atoms with E-state index < -0.39 is 0 Å². The third-order valence-electron chi connectivity index (χ3n) is 4.78. The van der Waals surface area contributed by atoms with Gasteiger partial charge in [-0.1, -0.05) is 36.4 Å². The summed E-state index contributed by atoms with van der Waals surface area (Å²) in [6, 6.07) is 23.6. The van der Waals surface area contributed by atoms with Crippen LogP contribution in [0.5, 0.6) is 0 Å². The van der Waals surface area contributed by atoms with Crippen molar-refractivity contribution < 1.29 is 9.59 Å². The number of aromatic nitrogens is 2. The SMILES string of the molecule is CC(=O)c1ccc(NC(=O)Cn2nc(-c3ccc4ccccc4c3)ccc2=O)cc1. The van der Waals surface area contributed by atoms with Crippen molar-refractivity contribution in [2.45, 2.75) is 13.5 Å². The monoisotopic (exact) mass is 397 g/mol. The number of fused-ring (bicyclic) bond motifs is 1. The molecule has 148 valence electrons. The molecule has 0 radical (unpaired) electrons. The molecule has 0 bridgehead atoms. The van der Waals surface area contributed by atoms with Gasteiger partial charge in [-0.25, -0.2) is 4.68 Å². The number of hydrogen-bond donors (Lipinski definition) is 1. The fourth-order valence-corrected chi connectivity index (χ4v) is 3.19. The van der Waals surface area contributed by atoms with Crippen LogP contribution in [-0.2, 0) is 11.3 Å². The third-order valence-corrected chi connectivity index (χ3v) is 4.78. The van der Waals surface area contributed by atoms with E-state index in [0.717, 1.165) is 21.0 Å². The number of ketones is 1. The molecule has 0 aliphatic rings. The number of anilines is 1. The summed E-state index contributed by atoms with van der Waals surface area (Å²) in [5.74, 6) is -0.426. The van der Waals surface area contributed by atoms with Gasteiger partial charge in [-0.15, -0.1) is 0 Å². The van der Waals surface area contributed by atoms with Gasteiger partial charge in [0, 0.05) is 22.9 Å². The molecule has 4 aromatic rings. The molecule has 0 spiro atoms. The van der Waals surface area contributed by atoms with Crippen molar-refractivity contribution in [3.05, 3.63) is 94.8 Å². The fourth-order valence-electron chi connectivity index (χ4n) is 3.19. The van der Waals surface area contributed by atoms with Crippen molar-refractivity contribution in [1.29, 1.82) is 0 Å². The summed E-state index contributed by atoms with van der Waals surface area (Å²) in [7, 11) is 0. The van der Waals surface area contributed by atoms with Crippen LogP contribution in [0.2, 0.25) is 0 Å². The number of benzene rings is 3. The predicted octanol–water partition coefficient (Wildman–Crippen LogP) is 3.90. The predicted molar refractivity (Wildman–Crippen MR) is 117 cm³/mol. The van der Waals surface area contributed by atoms with E-state index in [1.165, 1.54) is 13.0 Å². The van der Waals surface area contributed by atoms with Gasteiger partial charge in [-0.2, -0.15) is 5.10 Å². The van der Waals surface area contributed by atoms with Crippen LogP contribution in [0.15, 0.2) is 83.7 Å². The first-order valence-electron chi connectivity index (χ1n) is 9.48. The van der Waals surface area contributed by atoms with Crippen molar-refractivity contribution in [1.82, 2.24) is 9.78 Å². The first-order valence-corrected chi connectivity index (χ1v) is 9.48. The van der Waals surface area contributed by atoms with Crippen molar-refractivity contribution >= 4 is 28.2 Å². The van der Waals surface area contributed by atoms with Crippen LogP contribution in [0.3, 0.4) is 0 Å². The Morgan fingerprint density at radius 2 is 1.63 bits per heavy atom. The number of nitrogens with one attached hydrogen (secondary N) is 1. The minimum absolute atomic E-state index is 0.0471. The molecule has 6 heteroatoms. The average Bonchev–Trinajstić information content (AvgIpc) is 2.75. The van der Waals surface area contributed by atoms with E-state index in [1.54, 1.807) is 30.3 Å². The zero-order valence-corrected chi connectivity index (χ0v) is 16.3. The Balaban J connectivity index is 1.54. The Bertz CT molecular complexity index is 1310. The van der Waals surface area contributed by atoms with E-state index in [0.29, 0.717) is 16.9 Å². The molecule has 1 amide bonds. The summed E-state index contributed by atoms with van der Waals surface area (Å²) < 4.78 is 1.14. The number of carbonyl (C=O) groups is 2. The maximum absolute atomic E-state index is 12.4. The summed E-state index contributed by atoms with van der Waals surface area (Å²) in [5, 5.41) is 9.27. The lowest BCUT2D eigenvalue weighted by atomic mass is 10.1. The molecule has 6 nitrogen and oxygen atoms in total. The molecule has 3 aromatic carbocycles. The Hall–Kier alpha value is -4.06. The normalized spacial score (nSPS) is 10.7. The highest BCUT2D eigenvalue weighted by atomic mass is 16.2. The second kappa shape index (κ2) is 8.13. The molecule has 0 saturated carbocycles. The molecule has 0 unspecified atom stereocenters. The Morgan fingerprint density at radius 3 is 2.37 bits per heavy atom. The number of hydrogen-bond acceptors (Lipinski definition) is 4. The maximum Gasteiger partial charge on any atom is 0.267 e. The number of amides is 1. The van der Waals surface area contributed by atoms with Gasteiger partial charge in [-0.05, 0) is 54.1 Å². The van der Waals surface area contributed by atoms with Gasteiger partial charge in [-0.3, -0.25) is 14.4 Å². The molecule has 0 aliphatic heterocycles. The van der Waals surface area contributed by atoms with Crippen LogP contribution < -0.4 is 10.9 Å². The highest BCUT2D eigenvalue weighted by Gasteiger charge is 2.09. The molecule has 1 aromatic heterocycles. The minimum Gasteiger partial charge on any atom is -0.324 e. The van der Waals surface area contributed by atoms with E-state index in [4.69, 9.17) is 0 Å². The van der Waals surface area contributed by atoms with Gasteiger partial charge >= 0.3 is 0 Å². The van der Waals surface area contributed by atoms with Gasteiger partial charge in [0.2, 0.25) is 5.91 Å². The Kier molecular flexibility index (Phi) is 5.22. The first-order chi connectivity index (χ1) is 14.5. The Morgan fingerprint density at radius 1 is 0.900 bits per heavy atom. The zero-order valence-electron chi connectivity index (χ0n) is 16.3. The highest BCUT2D eigenvalue weighted by molar-refractivity contribution is 5.95. The van der Waals surface area contributed by atoms with Crippen LogP contribution in [0.25, 0.3) is 22.0 Å². The van der Waals surface area contributed by atoms with Gasteiger partial charge < -0.3 is 5.32 Å². The highest BCUT2D eigenvalue weighted by Crippen LogP contribution is 2.22. The smallest absolute Gasteiger partial charge is 0.267 e. The summed E-state index contributed by atoms with van der Waals surface area (Å²) in [5.41, 5.74) is 2.22. The van der Waals surface area contributed by atoms with Gasteiger partial charge in [0.15, 0.2) is 5.78 Å². The average molecular weight is 397 g/mol. The van der Waals surface area contributed by atoms with E-state index >= 15 is 0 Å². The molecule has 30 heavy (non-hydrogen) atoms. The summed E-state index contributed by atoms with van der Waals surface area (Å²) >= 11 is 0. The molecular weight excluding hydrogens is 378 g/mol. The zero-order chi connectivity index (χ0) is 21.1. The lowest BCUT2D eigenvalue weighted by Gasteiger charge is -2.09. The van der Waals surface area contributed by atoms with Crippen LogP contribution in [0, 0.1) is 0 Å². The molecule has 1 heterocycles. The summed E-state index contributed by atoms with van der Waals surface area (Å²) in [4.78, 5) is 35.9. The summed E-state index contributed by atoms with van der Waals surface area (Å²) in [6.07, 6.45) is 0. The number of rotatable bonds is 5. The number of nitrogens with zero attached hydrogens (tertiary/aromatic N) is 2. The van der Waals surface area contributed by atoms with Gasteiger partial charge in [0.25, 0.3) is 5.56 Å². The molecule has 4 rings (SSSR count). The largest absolute Gasteiger partial charge is 0.324 e. The van der Waals surface area contributed by atoms with E-state index in [2.05, 4.69) is 10.4 Å². The molecule has 0 atom stereocenters. The number of carbonyl (C=O) groups excluding carboxylic acids is 2. The van der Waals surface area contributed by atoms with E-state index in [1.807, 2.05) is 42.5 Å². The van der Waals surface area contributed by atoms with Crippen LogP contribution in [0.4, 0.5) is 5.69 Å². The quantitative estimate of drug-likeness (QED) is 0.518. The van der Waals surface area contributed by atoms with Gasteiger partial charge in [0.1, 0.15) is 6.54 Å². The second-order valence-electron chi connectivity index (χ2n) is 6.96. The topological polar surface area (TPSA) is 81.1 Å². The van der Waals surface area contributed by atoms with Crippen molar-refractivity contribution in [2.75, 3.05) is 5.32 Å². The molecule has 0 saturated heterocycles. The van der Waals surface area contributed by atoms with Crippen molar-refractivity contribution in [3.8, 4) is 11.3 Å². The second-order valence-corrected chi connectivity index (χ2v) is 6.96. The van der Waals surface area contributed by atoms with E-state index in [9.17, 15) is 14.4 Å². The van der Waals surface area contributed by atoms with Gasteiger partial charge in [0.05, 0.1) is 5.69 Å². The minimum atomic E-state index is -0.379. The molecule has 0 aliphatic carbocycles. The van der Waals surface area contributed by atoms with Crippen molar-refractivity contribution in [2.24, 2.45) is 0 Å². The lowest BCUT2D eigenvalue weighted by molar-refractivity contribution is -0.117. The fraction of sp³-hybridized carbons (Fsp3) is 0.0833. The molecular formula is C24H19N3O3. The maximum atomic E-state index is 12.4. The number of Topliss-reactive ketones (excluding diaryl/α,β-unsaturated/α-hetero) is 1. The third kappa shape index (κ3) is 4.17. The first kappa shape index (κ1) is 19.3. The summed E-state index contributed by atoms with van der Waals surface area (Å²) in [6.45, 7) is 1.27. The van der Waals surface area contributed by atoms with Crippen molar-refractivity contribution in [3.63, 3.8) is 0 Å². The molecule has 0 fully saturated rings. The lowest BCUT2D eigenvalue weighted by Crippen LogP contribution is -2.29. The van der Waals surface area contributed by atoms with Crippen LogP contribution >= 0.6 is 0 Å². The standard InChI is InChI=1S/C24H19N3O3/c1-16(28)17-8-10-21(11-9-17)25-23(29)15-27-24(30)13-12-22(26-27)20-7-6-18-4-2-3-5-19(18)14-20/h2-14H,15H2,1H3,(H,25,29). The Labute approximate surface area is 172 Å². The molecule has 1 N–H and O–H groups in total.